The summed E-state index contributed by atoms with van der Waals surface area (Å²) in [5.74, 6) is 1.52. The molecule has 2 aromatic rings. The lowest BCUT2D eigenvalue weighted by atomic mass is 9.98. The molecule has 1 aliphatic rings. The molecule has 0 aliphatic carbocycles. The van der Waals surface area contributed by atoms with Gasteiger partial charge in [0.2, 0.25) is 0 Å². The van der Waals surface area contributed by atoms with E-state index in [1.807, 2.05) is 12.3 Å². The Labute approximate surface area is 119 Å². The van der Waals surface area contributed by atoms with Crippen LogP contribution in [0.15, 0.2) is 36.5 Å². The summed E-state index contributed by atoms with van der Waals surface area (Å²) in [6, 6.07) is 10.6. The van der Waals surface area contributed by atoms with Crippen molar-refractivity contribution >= 4 is 22.5 Å². The lowest BCUT2D eigenvalue weighted by molar-refractivity contribution is 0.187. The van der Waals surface area contributed by atoms with Crippen LogP contribution < -0.4 is 0 Å². The van der Waals surface area contributed by atoms with Gasteiger partial charge in [0.15, 0.2) is 0 Å². The number of alkyl halides is 1. The van der Waals surface area contributed by atoms with Crippen molar-refractivity contribution in [2.75, 3.05) is 19.0 Å². The summed E-state index contributed by atoms with van der Waals surface area (Å²) in [4.78, 5) is 7.05. The molecule has 3 heteroatoms. The minimum absolute atomic E-state index is 0.712. The van der Waals surface area contributed by atoms with E-state index < -0.39 is 0 Å². The Morgan fingerprint density at radius 1 is 1.16 bits per heavy atom. The fourth-order valence-electron chi connectivity index (χ4n) is 2.83. The molecule has 0 radical (unpaired) electrons. The van der Waals surface area contributed by atoms with Crippen LogP contribution >= 0.6 is 11.6 Å². The molecule has 0 bridgehead atoms. The van der Waals surface area contributed by atoms with E-state index in [1.54, 1.807) is 0 Å². The number of hydrogen-bond acceptors (Lipinski definition) is 2. The second kappa shape index (κ2) is 5.89. The number of fused-ring (bicyclic) bond motifs is 1. The molecule has 3 rings (SSSR count). The highest BCUT2D eigenvalue weighted by Gasteiger charge is 2.18. The van der Waals surface area contributed by atoms with E-state index in [-0.39, 0.29) is 0 Å². The summed E-state index contributed by atoms with van der Waals surface area (Å²) in [5, 5.41) is 1.23. The normalized spacial score (nSPS) is 17.9. The predicted molar refractivity (Wildman–Crippen MR) is 80.5 cm³/mol. The average Bonchev–Trinajstić information content (AvgIpc) is 2.48. The molecular formula is C16H19ClN2. The van der Waals surface area contributed by atoms with Crippen LogP contribution in [-0.2, 0) is 6.54 Å². The molecule has 1 aliphatic heterocycles. The van der Waals surface area contributed by atoms with Gasteiger partial charge >= 0.3 is 0 Å². The molecule has 1 saturated heterocycles. The van der Waals surface area contributed by atoms with Gasteiger partial charge in [0.05, 0.1) is 5.52 Å². The minimum Gasteiger partial charge on any atom is -0.299 e. The van der Waals surface area contributed by atoms with E-state index in [2.05, 4.69) is 34.1 Å². The van der Waals surface area contributed by atoms with Crippen molar-refractivity contribution in [3.05, 3.63) is 42.1 Å². The fraction of sp³-hybridized carbons (Fsp3) is 0.438. The van der Waals surface area contributed by atoms with Crippen LogP contribution in [0.3, 0.4) is 0 Å². The molecule has 19 heavy (non-hydrogen) atoms. The Morgan fingerprint density at radius 3 is 2.74 bits per heavy atom. The lowest BCUT2D eigenvalue weighted by Crippen LogP contribution is -2.33. The standard InChI is InChI=1S/C16H19ClN2/c17-11-13-6-9-19(10-7-13)12-15-4-1-3-14-5-2-8-18-16(14)15/h1-5,8,13H,6-7,9-12H2. The van der Waals surface area contributed by atoms with Crippen molar-refractivity contribution in [1.82, 2.24) is 9.88 Å². The molecule has 2 nitrogen and oxygen atoms in total. The molecule has 0 spiro atoms. The van der Waals surface area contributed by atoms with E-state index in [9.17, 15) is 0 Å². The van der Waals surface area contributed by atoms with Crippen molar-refractivity contribution in [3.8, 4) is 0 Å². The number of pyridine rings is 1. The maximum absolute atomic E-state index is 5.94. The fourth-order valence-corrected chi connectivity index (χ4v) is 3.14. The van der Waals surface area contributed by atoms with E-state index in [1.165, 1.54) is 23.8 Å². The highest BCUT2D eigenvalue weighted by atomic mass is 35.5. The summed E-state index contributed by atoms with van der Waals surface area (Å²) in [5.41, 5.74) is 2.48. The molecule has 2 heterocycles. The van der Waals surface area contributed by atoms with Crippen LogP contribution in [0.2, 0.25) is 0 Å². The number of para-hydroxylation sites is 1. The van der Waals surface area contributed by atoms with Crippen LogP contribution in [0.1, 0.15) is 18.4 Å². The second-order valence-electron chi connectivity index (χ2n) is 5.37. The molecule has 0 saturated carbocycles. The third-order valence-corrected chi connectivity index (χ3v) is 4.47. The number of rotatable bonds is 3. The first-order valence-corrected chi connectivity index (χ1v) is 7.51. The number of halogens is 1. The van der Waals surface area contributed by atoms with E-state index >= 15 is 0 Å². The molecule has 1 aromatic heterocycles. The van der Waals surface area contributed by atoms with Gasteiger partial charge in [-0.2, -0.15) is 0 Å². The summed E-state index contributed by atoms with van der Waals surface area (Å²) < 4.78 is 0. The van der Waals surface area contributed by atoms with E-state index in [0.717, 1.165) is 31.0 Å². The van der Waals surface area contributed by atoms with Gasteiger partial charge < -0.3 is 0 Å². The van der Waals surface area contributed by atoms with Gasteiger partial charge in [-0.05, 0) is 43.5 Å². The van der Waals surface area contributed by atoms with Gasteiger partial charge in [-0.1, -0.05) is 24.3 Å². The minimum atomic E-state index is 0.712. The first-order chi connectivity index (χ1) is 9.36. The molecule has 1 fully saturated rings. The molecule has 100 valence electrons. The largest absolute Gasteiger partial charge is 0.299 e. The summed E-state index contributed by atoms with van der Waals surface area (Å²) in [6.45, 7) is 3.31. The van der Waals surface area contributed by atoms with E-state index in [0.29, 0.717) is 5.92 Å². The number of hydrogen-bond donors (Lipinski definition) is 0. The predicted octanol–water partition coefficient (Wildman–Crippen LogP) is 3.69. The molecule has 1 aromatic carbocycles. The van der Waals surface area contributed by atoms with E-state index in [4.69, 9.17) is 11.6 Å². The van der Waals surface area contributed by atoms with Crippen molar-refractivity contribution in [1.29, 1.82) is 0 Å². The highest BCUT2D eigenvalue weighted by Crippen LogP contribution is 2.22. The zero-order valence-electron chi connectivity index (χ0n) is 11.1. The maximum Gasteiger partial charge on any atom is 0.0746 e. The van der Waals surface area contributed by atoms with Crippen LogP contribution in [0.25, 0.3) is 10.9 Å². The Morgan fingerprint density at radius 2 is 1.95 bits per heavy atom. The number of likely N-dealkylation sites (tertiary alicyclic amines) is 1. The zero-order chi connectivity index (χ0) is 13.1. The first-order valence-electron chi connectivity index (χ1n) is 6.98. The van der Waals surface area contributed by atoms with Gasteiger partial charge in [-0.25, -0.2) is 0 Å². The summed E-state index contributed by atoms with van der Waals surface area (Å²) in [6.07, 6.45) is 4.33. The smallest absolute Gasteiger partial charge is 0.0746 e. The second-order valence-corrected chi connectivity index (χ2v) is 5.67. The highest BCUT2D eigenvalue weighted by molar-refractivity contribution is 6.18. The number of nitrogens with zero attached hydrogens (tertiary/aromatic N) is 2. The Kier molecular flexibility index (Phi) is 4.00. The Balaban J connectivity index is 1.75. The third-order valence-electron chi connectivity index (χ3n) is 4.04. The number of aromatic nitrogens is 1. The molecule has 0 amide bonds. The molecule has 0 unspecified atom stereocenters. The molecule has 0 N–H and O–H groups in total. The zero-order valence-corrected chi connectivity index (χ0v) is 11.8. The van der Waals surface area contributed by atoms with Crippen LogP contribution in [0, 0.1) is 5.92 Å². The average molecular weight is 275 g/mol. The monoisotopic (exact) mass is 274 g/mol. The van der Waals surface area contributed by atoms with Crippen LogP contribution in [-0.4, -0.2) is 28.9 Å². The van der Waals surface area contributed by atoms with Crippen LogP contribution in [0.4, 0.5) is 0 Å². The SMILES string of the molecule is ClCC1CCN(Cc2cccc3cccnc23)CC1. The van der Waals surface area contributed by atoms with Crippen molar-refractivity contribution in [3.63, 3.8) is 0 Å². The Hall–Kier alpha value is -1.12. The number of piperidine rings is 1. The lowest BCUT2D eigenvalue weighted by Gasteiger charge is -2.31. The van der Waals surface area contributed by atoms with Gasteiger partial charge in [0.1, 0.15) is 0 Å². The van der Waals surface area contributed by atoms with Gasteiger partial charge in [-0.3, -0.25) is 9.88 Å². The van der Waals surface area contributed by atoms with Crippen molar-refractivity contribution < 1.29 is 0 Å². The first kappa shape index (κ1) is 12.9. The quantitative estimate of drug-likeness (QED) is 0.794. The molecular weight excluding hydrogens is 256 g/mol. The van der Waals surface area contributed by atoms with Gasteiger partial charge in [0.25, 0.3) is 0 Å². The summed E-state index contributed by atoms with van der Waals surface area (Å²) >= 11 is 5.94. The van der Waals surface area contributed by atoms with Crippen molar-refractivity contribution in [2.45, 2.75) is 19.4 Å². The van der Waals surface area contributed by atoms with Crippen LogP contribution in [0.5, 0.6) is 0 Å². The Bertz CT molecular complexity index is 542. The third kappa shape index (κ3) is 2.90. The van der Waals surface area contributed by atoms with Gasteiger partial charge in [0, 0.05) is 24.0 Å². The maximum atomic E-state index is 5.94. The summed E-state index contributed by atoms with van der Waals surface area (Å²) in [7, 11) is 0. The van der Waals surface area contributed by atoms with Crippen molar-refractivity contribution in [2.24, 2.45) is 5.92 Å². The topological polar surface area (TPSA) is 16.1 Å². The number of benzene rings is 1. The van der Waals surface area contributed by atoms with Gasteiger partial charge in [-0.15, -0.1) is 11.6 Å². The molecule has 0 atom stereocenters.